The van der Waals surface area contributed by atoms with Gasteiger partial charge in [0.05, 0.1) is 0 Å². The molecule has 0 spiro atoms. The summed E-state index contributed by atoms with van der Waals surface area (Å²) in [5.41, 5.74) is 0. The predicted molar refractivity (Wildman–Crippen MR) is 75.6 cm³/mol. The topological polar surface area (TPSA) is 0 Å². The van der Waals surface area contributed by atoms with Gasteiger partial charge in [0.1, 0.15) is 8.80 Å². The molecule has 0 saturated heterocycles. The van der Waals surface area contributed by atoms with Crippen molar-refractivity contribution in [3.8, 4) is 0 Å². The van der Waals surface area contributed by atoms with E-state index in [-0.39, 0.29) is 0 Å². The highest BCUT2D eigenvalue weighted by Crippen LogP contribution is 2.11. The zero-order chi connectivity index (χ0) is 11.8. The molecule has 0 aliphatic carbocycles. The van der Waals surface area contributed by atoms with Gasteiger partial charge in [0.15, 0.2) is 0 Å². The van der Waals surface area contributed by atoms with Crippen LogP contribution in [0.4, 0.5) is 0 Å². The van der Waals surface area contributed by atoms with Gasteiger partial charge in [-0.15, -0.1) is 0 Å². The molecule has 0 fully saturated rings. The number of rotatable bonds is 6. The Morgan fingerprint density at radius 2 is 1.81 bits per heavy atom. The Balaban J connectivity index is 2.78. The molecule has 0 heterocycles. The zero-order valence-electron chi connectivity index (χ0n) is 10.8. The summed E-state index contributed by atoms with van der Waals surface area (Å²) in [4.78, 5) is 0. The van der Waals surface area contributed by atoms with Crippen LogP contribution in [0.3, 0.4) is 0 Å². The molecule has 0 atom stereocenters. The molecule has 1 radical (unpaired) electrons. The monoisotopic (exact) mass is 231 g/mol. The third-order valence-corrected chi connectivity index (χ3v) is 5.50. The van der Waals surface area contributed by atoms with Crippen molar-refractivity contribution in [1.29, 1.82) is 0 Å². The molecule has 1 aromatic carbocycles. The maximum atomic E-state index is 2.49. The SMILES string of the molecule is CCC/C=C(\CCC)[Si](C)c1ccccc1. The van der Waals surface area contributed by atoms with Crippen LogP contribution in [0.15, 0.2) is 41.6 Å². The Morgan fingerprint density at radius 1 is 1.12 bits per heavy atom. The van der Waals surface area contributed by atoms with E-state index in [4.69, 9.17) is 0 Å². The second kappa shape index (κ2) is 7.45. The van der Waals surface area contributed by atoms with Crippen molar-refractivity contribution in [3.63, 3.8) is 0 Å². The normalized spacial score (nSPS) is 12.1. The van der Waals surface area contributed by atoms with Crippen LogP contribution in [0.5, 0.6) is 0 Å². The van der Waals surface area contributed by atoms with Crippen LogP contribution in [0.2, 0.25) is 6.55 Å². The molecular weight excluding hydrogens is 208 g/mol. The van der Waals surface area contributed by atoms with E-state index in [0.717, 1.165) is 0 Å². The van der Waals surface area contributed by atoms with Crippen LogP contribution in [-0.4, -0.2) is 8.80 Å². The van der Waals surface area contributed by atoms with Crippen LogP contribution >= 0.6 is 0 Å². The first-order chi connectivity index (χ1) is 7.79. The zero-order valence-corrected chi connectivity index (χ0v) is 11.8. The van der Waals surface area contributed by atoms with Gasteiger partial charge in [0.2, 0.25) is 0 Å². The first-order valence-electron chi connectivity index (χ1n) is 6.38. The minimum absolute atomic E-state index is 0.480. The third kappa shape index (κ3) is 3.97. The van der Waals surface area contributed by atoms with E-state index < -0.39 is 8.80 Å². The first kappa shape index (κ1) is 13.2. The van der Waals surface area contributed by atoms with Gasteiger partial charge in [-0.3, -0.25) is 0 Å². The summed E-state index contributed by atoms with van der Waals surface area (Å²) in [6, 6.07) is 11.0. The molecule has 1 rings (SSSR count). The van der Waals surface area contributed by atoms with Crippen molar-refractivity contribution in [2.75, 3.05) is 0 Å². The predicted octanol–water partition coefficient (Wildman–Crippen LogP) is 4.08. The summed E-state index contributed by atoms with van der Waals surface area (Å²) in [5, 5.41) is 3.25. The average molecular weight is 231 g/mol. The molecule has 0 unspecified atom stereocenters. The highest BCUT2D eigenvalue weighted by atomic mass is 28.3. The lowest BCUT2D eigenvalue weighted by Crippen LogP contribution is -2.29. The fraction of sp³-hybridized carbons (Fsp3) is 0.467. The summed E-state index contributed by atoms with van der Waals surface area (Å²) in [7, 11) is -0.480. The standard InChI is InChI=1S/C15H23Si/c1-4-6-11-14(10-5-2)16(3)15-12-8-7-9-13-15/h7-9,11-13H,4-6,10H2,1-3H3/b14-11+. The van der Waals surface area contributed by atoms with E-state index in [0.29, 0.717) is 0 Å². The van der Waals surface area contributed by atoms with Gasteiger partial charge >= 0.3 is 0 Å². The number of benzene rings is 1. The van der Waals surface area contributed by atoms with Gasteiger partial charge in [-0.05, 0) is 12.8 Å². The fourth-order valence-corrected chi connectivity index (χ4v) is 4.04. The maximum absolute atomic E-state index is 2.49. The first-order valence-corrected chi connectivity index (χ1v) is 8.38. The molecule has 0 nitrogen and oxygen atoms in total. The van der Waals surface area contributed by atoms with Crippen LogP contribution in [0.25, 0.3) is 0 Å². The van der Waals surface area contributed by atoms with E-state index >= 15 is 0 Å². The van der Waals surface area contributed by atoms with Crippen LogP contribution in [-0.2, 0) is 0 Å². The van der Waals surface area contributed by atoms with Gasteiger partial charge in [0.25, 0.3) is 0 Å². The molecule has 16 heavy (non-hydrogen) atoms. The van der Waals surface area contributed by atoms with Crippen LogP contribution in [0, 0.1) is 0 Å². The molecule has 0 aromatic heterocycles. The van der Waals surface area contributed by atoms with Crippen molar-refractivity contribution < 1.29 is 0 Å². The molecule has 0 saturated carbocycles. The van der Waals surface area contributed by atoms with Gasteiger partial charge in [-0.2, -0.15) is 0 Å². The van der Waals surface area contributed by atoms with Gasteiger partial charge in [-0.25, -0.2) is 0 Å². The van der Waals surface area contributed by atoms with E-state index in [2.05, 4.69) is 56.8 Å². The van der Waals surface area contributed by atoms with Gasteiger partial charge in [-0.1, -0.05) is 80.0 Å². The molecular formula is C15H23Si. The highest BCUT2D eigenvalue weighted by Gasteiger charge is 2.11. The smallest absolute Gasteiger partial charge is 0.0890 e. The van der Waals surface area contributed by atoms with E-state index in [1.807, 2.05) is 0 Å². The minimum atomic E-state index is -0.480. The Bertz CT molecular complexity index is 313. The van der Waals surface area contributed by atoms with Crippen LogP contribution < -0.4 is 5.19 Å². The molecule has 0 aliphatic rings. The molecule has 0 N–H and O–H groups in total. The maximum Gasteiger partial charge on any atom is 0.112 e. The van der Waals surface area contributed by atoms with Crippen molar-refractivity contribution in [2.24, 2.45) is 0 Å². The Kier molecular flexibility index (Phi) is 6.17. The fourth-order valence-electron chi connectivity index (χ4n) is 1.90. The molecule has 0 amide bonds. The van der Waals surface area contributed by atoms with Crippen molar-refractivity contribution >= 4 is 14.0 Å². The lowest BCUT2D eigenvalue weighted by Gasteiger charge is -2.14. The van der Waals surface area contributed by atoms with Crippen molar-refractivity contribution in [1.82, 2.24) is 0 Å². The Labute approximate surface area is 102 Å². The van der Waals surface area contributed by atoms with Crippen molar-refractivity contribution in [3.05, 3.63) is 41.6 Å². The lowest BCUT2D eigenvalue weighted by atomic mass is 10.2. The van der Waals surface area contributed by atoms with Gasteiger partial charge < -0.3 is 0 Å². The number of allylic oxidation sites excluding steroid dienone is 2. The Hall–Kier alpha value is -0.823. The quantitative estimate of drug-likeness (QED) is 0.647. The number of hydrogen-bond acceptors (Lipinski definition) is 0. The molecule has 1 aromatic rings. The van der Waals surface area contributed by atoms with Crippen LogP contribution in [0.1, 0.15) is 39.5 Å². The van der Waals surface area contributed by atoms with E-state index in [1.165, 1.54) is 25.7 Å². The molecule has 1 heteroatoms. The highest BCUT2D eigenvalue weighted by molar-refractivity contribution is 6.78. The summed E-state index contributed by atoms with van der Waals surface area (Å²) < 4.78 is 0. The lowest BCUT2D eigenvalue weighted by molar-refractivity contribution is 0.906. The summed E-state index contributed by atoms with van der Waals surface area (Å²) >= 11 is 0. The Morgan fingerprint density at radius 3 is 2.38 bits per heavy atom. The molecule has 0 aliphatic heterocycles. The summed E-state index contributed by atoms with van der Waals surface area (Å²) in [5.74, 6) is 0. The summed E-state index contributed by atoms with van der Waals surface area (Å²) in [6.07, 6.45) is 7.54. The van der Waals surface area contributed by atoms with Gasteiger partial charge in [0, 0.05) is 0 Å². The minimum Gasteiger partial charge on any atom is -0.0890 e. The third-order valence-electron chi connectivity index (χ3n) is 2.89. The van der Waals surface area contributed by atoms with E-state index in [1.54, 1.807) is 10.4 Å². The average Bonchev–Trinajstić information content (AvgIpc) is 2.35. The largest absolute Gasteiger partial charge is 0.112 e. The molecule has 87 valence electrons. The number of unbranched alkanes of at least 4 members (excludes halogenated alkanes) is 1. The summed E-state index contributed by atoms with van der Waals surface area (Å²) in [6.45, 7) is 6.96. The second-order valence-corrected chi connectivity index (χ2v) is 6.73. The van der Waals surface area contributed by atoms with E-state index in [9.17, 15) is 0 Å². The molecule has 0 bridgehead atoms. The second-order valence-electron chi connectivity index (χ2n) is 4.26. The number of hydrogen-bond donors (Lipinski definition) is 0. The van der Waals surface area contributed by atoms with Crippen molar-refractivity contribution in [2.45, 2.75) is 46.1 Å².